The Morgan fingerprint density at radius 1 is 1.12 bits per heavy atom. The van der Waals surface area contributed by atoms with E-state index in [0.29, 0.717) is 6.54 Å². The molecule has 1 N–H and O–H groups in total. The van der Waals surface area contributed by atoms with Gasteiger partial charge in [0.15, 0.2) is 0 Å². The standard InChI is InChI=1S/C14H18N2O/c1-14(2,3)13-5-4-12(17-13)10-16-11-6-8-15-9-7-11/h4-9H,10H2,1-3H3,(H,15,16). The SMILES string of the molecule is CC(C)(C)c1ccc(CNc2ccncc2)o1. The third kappa shape index (κ3) is 3.09. The molecule has 0 spiro atoms. The molecule has 0 saturated heterocycles. The van der Waals surface area contributed by atoms with Gasteiger partial charge in [-0.15, -0.1) is 0 Å². The Hall–Kier alpha value is -1.77. The van der Waals surface area contributed by atoms with E-state index in [1.807, 2.05) is 24.3 Å². The van der Waals surface area contributed by atoms with Gasteiger partial charge < -0.3 is 9.73 Å². The first-order valence-corrected chi connectivity index (χ1v) is 5.79. The molecule has 0 aromatic carbocycles. The molecule has 0 atom stereocenters. The van der Waals surface area contributed by atoms with Crippen molar-refractivity contribution < 1.29 is 4.42 Å². The van der Waals surface area contributed by atoms with E-state index in [1.165, 1.54) is 0 Å². The van der Waals surface area contributed by atoms with Crippen molar-refractivity contribution in [1.29, 1.82) is 0 Å². The van der Waals surface area contributed by atoms with Gasteiger partial charge in [-0.2, -0.15) is 0 Å². The number of hydrogen-bond donors (Lipinski definition) is 1. The summed E-state index contributed by atoms with van der Waals surface area (Å²) >= 11 is 0. The molecule has 2 rings (SSSR count). The third-order valence-electron chi connectivity index (χ3n) is 2.55. The van der Waals surface area contributed by atoms with Crippen LogP contribution in [0.3, 0.4) is 0 Å². The van der Waals surface area contributed by atoms with Crippen LogP contribution >= 0.6 is 0 Å². The van der Waals surface area contributed by atoms with E-state index in [9.17, 15) is 0 Å². The maximum atomic E-state index is 5.79. The first-order valence-electron chi connectivity index (χ1n) is 5.79. The minimum atomic E-state index is 0.0644. The van der Waals surface area contributed by atoms with Gasteiger partial charge in [0.05, 0.1) is 6.54 Å². The zero-order valence-corrected chi connectivity index (χ0v) is 10.5. The molecule has 0 saturated carbocycles. The number of nitrogens with one attached hydrogen (secondary N) is 1. The number of rotatable bonds is 3. The Bertz CT molecular complexity index is 468. The van der Waals surface area contributed by atoms with Crippen LogP contribution in [0.25, 0.3) is 0 Å². The Kier molecular flexibility index (Phi) is 3.18. The quantitative estimate of drug-likeness (QED) is 0.875. The van der Waals surface area contributed by atoms with E-state index in [0.717, 1.165) is 17.2 Å². The molecule has 3 nitrogen and oxygen atoms in total. The summed E-state index contributed by atoms with van der Waals surface area (Å²) < 4.78 is 5.79. The first-order chi connectivity index (χ1) is 8.05. The van der Waals surface area contributed by atoms with Crippen molar-refractivity contribution in [2.75, 3.05) is 5.32 Å². The van der Waals surface area contributed by atoms with Gasteiger partial charge in [0.2, 0.25) is 0 Å². The molecular formula is C14H18N2O. The van der Waals surface area contributed by atoms with Gasteiger partial charge in [0.1, 0.15) is 11.5 Å². The summed E-state index contributed by atoms with van der Waals surface area (Å²) in [4.78, 5) is 3.97. The minimum Gasteiger partial charge on any atom is -0.464 e. The predicted octanol–water partition coefficient (Wildman–Crippen LogP) is 3.58. The maximum absolute atomic E-state index is 5.79. The van der Waals surface area contributed by atoms with Gasteiger partial charge in [-0.25, -0.2) is 0 Å². The smallest absolute Gasteiger partial charge is 0.123 e. The highest BCUT2D eigenvalue weighted by Crippen LogP contribution is 2.24. The van der Waals surface area contributed by atoms with Gasteiger partial charge >= 0.3 is 0 Å². The molecule has 0 aliphatic heterocycles. The van der Waals surface area contributed by atoms with Crippen molar-refractivity contribution in [2.45, 2.75) is 32.7 Å². The van der Waals surface area contributed by atoms with E-state index in [-0.39, 0.29) is 5.41 Å². The van der Waals surface area contributed by atoms with Crippen LogP contribution < -0.4 is 5.32 Å². The number of anilines is 1. The maximum Gasteiger partial charge on any atom is 0.123 e. The highest BCUT2D eigenvalue weighted by molar-refractivity contribution is 5.40. The molecule has 2 heterocycles. The lowest BCUT2D eigenvalue weighted by Gasteiger charge is -2.14. The zero-order valence-electron chi connectivity index (χ0n) is 10.5. The molecule has 2 aromatic heterocycles. The zero-order chi connectivity index (χ0) is 12.3. The van der Waals surface area contributed by atoms with Crippen LogP contribution in [0.1, 0.15) is 32.3 Å². The molecule has 0 aliphatic carbocycles. The van der Waals surface area contributed by atoms with Gasteiger partial charge in [0.25, 0.3) is 0 Å². The van der Waals surface area contributed by atoms with Gasteiger partial charge in [-0.3, -0.25) is 4.98 Å². The number of furan rings is 1. The van der Waals surface area contributed by atoms with Crippen LogP contribution in [0.2, 0.25) is 0 Å². The lowest BCUT2D eigenvalue weighted by atomic mass is 9.94. The highest BCUT2D eigenvalue weighted by atomic mass is 16.3. The predicted molar refractivity (Wildman–Crippen MR) is 69.0 cm³/mol. The van der Waals surface area contributed by atoms with Crippen LogP contribution in [0.5, 0.6) is 0 Å². The average molecular weight is 230 g/mol. The van der Waals surface area contributed by atoms with Crippen LogP contribution in [-0.2, 0) is 12.0 Å². The Morgan fingerprint density at radius 2 is 1.82 bits per heavy atom. The Morgan fingerprint density at radius 3 is 2.41 bits per heavy atom. The van der Waals surface area contributed by atoms with Crippen molar-refractivity contribution >= 4 is 5.69 Å². The average Bonchev–Trinajstić information content (AvgIpc) is 2.76. The van der Waals surface area contributed by atoms with E-state index >= 15 is 0 Å². The lowest BCUT2D eigenvalue weighted by Crippen LogP contribution is -2.09. The Balaban J connectivity index is 1.99. The van der Waals surface area contributed by atoms with E-state index < -0.39 is 0 Å². The van der Waals surface area contributed by atoms with Gasteiger partial charge in [-0.05, 0) is 24.3 Å². The molecule has 0 radical (unpaired) electrons. The number of nitrogens with zero attached hydrogens (tertiary/aromatic N) is 1. The van der Waals surface area contributed by atoms with E-state index in [2.05, 4.69) is 31.1 Å². The molecule has 0 unspecified atom stereocenters. The largest absolute Gasteiger partial charge is 0.464 e. The third-order valence-corrected chi connectivity index (χ3v) is 2.55. The molecule has 0 aliphatic rings. The highest BCUT2D eigenvalue weighted by Gasteiger charge is 2.17. The van der Waals surface area contributed by atoms with E-state index in [1.54, 1.807) is 12.4 Å². The lowest BCUT2D eigenvalue weighted by molar-refractivity contribution is 0.389. The van der Waals surface area contributed by atoms with Gasteiger partial charge in [-0.1, -0.05) is 20.8 Å². The van der Waals surface area contributed by atoms with Crippen LogP contribution in [0.15, 0.2) is 41.1 Å². The molecule has 3 heteroatoms. The fourth-order valence-corrected chi connectivity index (χ4v) is 1.53. The number of hydrogen-bond acceptors (Lipinski definition) is 3. The first kappa shape index (κ1) is 11.7. The molecule has 90 valence electrons. The molecule has 0 bridgehead atoms. The second kappa shape index (κ2) is 4.62. The normalized spacial score (nSPS) is 11.5. The summed E-state index contributed by atoms with van der Waals surface area (Å²) in [6.07, 6.45) is 3.54. The van der Waals surface area contributed by atoms with Crippen molar-refractivity contribution in [2.24, 2.45) is 0 Å². The molecule has 0 amide bonds. The summed E-state index contributed by atoms with van der Waals surface area (Å²) in [6, 6.07) is 7.94. The molecule has 0 fully saturated rings. The summed E-state index contributed by atoms with van der Waals surface area (Å²) in [5, 5.41) is 3.29. The van der Waals surface area contributed by atoms with Crippen molar-refractivity contribution in [3.05, 3.63) is 48.2 Å². The fourth-order valence-electron chi connectivity index (χ4n) is 1.53. The minimum absolute atomic E-state index is 0.0644. The van der Waals surface area contributed by atoms with E-state index in [4.69, 9.17) is 4.42 Å². The topological polar surface area (TPSA) is 38.1 Å². The van der Waals surface area contributed by atoms with Crippen molar-refractivity contribution in [3.8, 4) is 0 Å². The summed E-state index contributed by atoms with van der Waals surface area (Å²) in [6.45, 7) is 7.13. The monoisotopic (exact) mass is 230 g/mol. The van der Waals surface area contributed by atoms with Crippen LogP contribution in [0, 0.1) is 0 Å². The van der Waals surface area contributed by atoms with Crippen LogP contribution in [0.4, 0.5) is 5.69 Å². The Labute approximate surface area is 102 Å². The van der Waals surface area contributed by atoms with Crippen LogP contribution in [-0.4, -0.2) is 4.98 Å². The second-order valence-electron chi connectivity index (χ2n) is 5.11. The number of aromatic nitrogens is 1. The molecule has 17 heavy (non-hydrogen) atoms. The fraction of sp³-hybridized carbons (Fsp3) is 0.357. The summed E-state index contributed by atoms with van der Waals surface area (Å²) in [7, 11) is 0. The molecular weight excluding hydrogens is 212 g/mol. The van der Waals surface area contributed by atoms with Gasteiger partial charge in [0, 0.05) is 23.5 Å². The second-order valence-corrected chi connectivity index (χ2v) is 5.11. The number of pyridine rings is 1. The summed E-state index contributed by atoms with van der Waals surface area (Å²) in [5.41, 5.74) is 1.11. The van der Waals surface area contributed by atoms with Crippen molar-refractivity contribution in [1.82, 2.24) is 4.98 Å². The summed E-state index contributed by atoms with van der Waals surface area (Å²) in [5.74, 6) is 1.97. The van der Waals surface area contributed by atoms with Crippen molar-refractivity contribution in [3.63, 3.8) is 0 Å². The molecule has 2 aromatic rings.